The summed E-state index contributed by atoms with van der Waals surface area (Å²) in [4.78, 5) is 30.1. The smallest absolute Gasteiger partial charge is 0.279 e. The molecular formula is C36H42ClN5O4Si. The SMILES string of the molecule is C[C@@H](c1ccccc1)N(CC(Cl)c1cccc2c1cnn2C)C(=O)c1nn(COCC[Si](C)(C)C)cc(OCc2ccccc2)c1=O. The summed E-state index contributed by atoms with van der Waals surface area (Å²) in [6.45, 7) is 9.67. The van der Waals surface area contributed by atoms with Crippen molar-refractivity contribution < 1.29 is 14.3 Å². The number of hydrogen-bond donors (Lipinski definition) is 0. The second-order valence-corrected chi connectivity index (χ2v) is 19.0. The van der Waals surface area contributed by atoms with E-state index in [2.05, 4.69) is 29.8 Å². The van der Waals surface area contributed by atoms with Gasteiger partial charge in [-0.05, 0) is 35.7 Å². The summed E-state index contributed by atoms with van der Waals surface area (Å²) in [5.41, 5.74) is 2.73. The fourth-order valence-corrected chi connectivity index (χ4v) is 6.40. The first kappa shape index (κ1) is 34.1. The first-order valence-electron chi connectivity index (χ1n) is 15.8. The lowest BCUT2D eigenvalue weighted by atomic mass is 10.0. The van der Waals surface area contributed by atoms with Crippen molar-refractivity contribution in [3.05, 3.63) is 124 Å². The van der Waals surface area contributed by atoms with Crippen LogP contribution in [0.4, 0.5) is 0 Å². The zero-order chi connectivity index (χ0) is 33.6. The van der Waals surface area contributed by atoms with Gasteiger partial charge in [0.15, 0.2) is 11.4 Å². The number of carbonyl (C=O) groups is 1. The highest BCUT2D eigenvalue weighted by molar-refractivity contribution is 6.76. The summed E-state index contributed by atoms with van der Waals surface area (Å²) in [7, 11) is 0.554. The van der Waals surface area contributed by atoms with Crippen molar-refractivity contribution in [3.63, 3.8) is 0 Å². The highest BCUT2D eigenvalue weighted by atomic mass is 35.5. The van der Waals surface area contributed by atoms with Crippen molar-refractivity contribution in [2.45, 2.75) is 57.4 Å². The second kappa shape index (κ2) is 15.1. The quantitative estimate of drug-likeness (QED) is 0.0704. The fraction of sp³-hybridized carbons (Fsp3) is 0.333. The van der Waals surface area contributed by atoms with Crippen molar-refractivity contribution in [1.82, 2.24) is 24.5 Å². The molecule has 0 saturated carbocycles. The molecular weight excluding hydrogens is 630 g/mol. The number of fused-ring (bicyclic) bond motifs is 1. The molecule has 0 aliphatic heterocycles. The number of benzene rings is 3. The average Bonchev–Trinajstić information content (AvgIpc) is 3.45. The van der Waals surface area contributed by atoms with E-state index in [1.54, 1.807) is 15.8 Å². The molecule has 3 aromatic carbocycles. The minimum Gasteiger partial charge on any atom is -0.483 e. The van der Waals surface area contributed by atoms with E-state index in [1.807, 2.05) is 92.8 Å². The molecule has 0 N–H and O–H groups in total. The zero-order valence-electron chi connectivity index (χ0n) is 27.6. The number of rotatable bonds is 14. The number of halogens is 1. The standard InChI is InChI=1S/C36H42ClN5O4Si/c1-26(28-15-10-7-11-16-28)42(22-31(37)29-17-12-18-32-30(29)21-38-40(32)2)36(44)34-35(43)33(46-24-27-13-8-6-9-14-27)23-41(39-34)25-45-19-20-47(3,4)5/h6-18,21,23,26,31H,19-20,22,24-25H2,1-5H3/t26-,31?/m0/s1. The Morgan fingerprint density at radius 2 is 1.70 bits per heavy atom. The average molecular weight is 672 g/mol. The van der Waals surface area contributed by atoms with Crippen LogP contribution in [0.1, 0.15) is 45.5 Å². The third-order valence-corrected chi connectivity index (χ3v) is 10.2. The number of hydrogen-bond acceptors (Lipinski definition) is 6. The fourth-order valence-electron chi connectivity index (χ4n) is 5.30. The molecule has 2 atom stereocenters. The van der Waals surface area contributed by atoms with E-state index in [4.69, 9.17) is 21.1 Å². The van der Waals surface area contributed by atoms with Crippen molar-refractivity contribution in [2.24, 2.45) is 7.05 Å². The highest BCUT2D eigenvalue weighted by Gasteiger charge is 2.31. The molecule has 0 aliphatic carbocycles. The van der Waals surface area contributed by atoms with Gasteiger partial charge < -0.3 is 14.4 Å². The van der Waals surface area contributed by atoms with Gasteiger partial charge in [-0.1, -0.05) is 92.4 Å². The summed E-state index contributed by atoms with van der Waals surface area (Å²) in [6.07, 6.45) is 3.29. The maximum absolute atomic E-state index is 14.5. The van der Waals surface area contributed by atoms with Gasteiger partial charge in [0.1, 0.15) is 13.3 Å². The van der Waals surface area contributed by atoms with Gasteiger partial charge >= 0.3 is 0 Å². The van der Waals surface area contributed by atoms with Gasteiger partial charge in [0.2, 0.25) is 0 Å². The predicted octanol–water partition coefficient (Wildman–Crippen LogP) is 7.20. The Kier molecular flexibility index (Phi) is 11.0. The molecule has 2 heterocycles. The minimum absolute atomic E-state index is 0.0239. The number of aryl methyl sites for hydroxylation is 1. The van der Waals surface area contributed by atoms with E-state index in [0.717, 1.165) is 33.6 Å². The van der Waals surface area contributed by atoms with Crippen molar-refractivity contribution >= 4 is 36.5 Å². The lowest BCUT2D eigenvalue weighted by Gasteiger charge is -2.31. The lowest BCUT2D eigenvalue weighted by Crippen LogP contribution is -2.40. The Bertz CT molecular complexity index is 1860. The Morgan fingerprint density at radius 3 is 2.40 bits per heavy atom. The molecule has 0 aliphatic rings. The molecule has 0 bridgehead atoms. The van der Waals surface area contributed by atoms with Crippen LogP contribution in [0.25, 0.3) is 10.9 Å². The first-order valence-corrected chi connectivity index (χ1v) is 19.9. The van der Waals surface area contributed by atoms with Gasteiger partial charge in [-0.3, -0.25) is 14.3 Å². The molecule has 2 aromatic heterocycles. The number of ether oxygens (including phenoxy) is 2. The Balaban J connectivity index is 1.51. The van der Waals surface area contributed by atoms with Crippen LogP contribution in [0.3, 0.4) is 0 Å². The lowest BCUT2D eigenvalue weighted by molar-refractivity contribution is 0.0646. The van der Waals surface area contributed by atoms with Crippen LogP contribution in [0.15, 0.2) is 96.1 Å². The maximum Gasteiger partial charge on any atom is 0.279 e. The van der Waals surface area contributed by atoms with Crippen LogP contribution < -0.4 is 10.2 Å². The second-order valence-electron chi connectivity index (χ2n) is 12.9. The van der Waals surface area contributed by atoms with E-state index in [9.17, 15) is 9.59 Å². The van der Waals surface area contributed by atoms with Crippen LogP contribution in [-0.4, -0.2) is 51.6 Å². The van der Waals surface area contributed by atoms with Crippen LogP contribution in [0.5, 0.6) is 5.75 Å². The summed E-state index contributed by atoms with van der Waals surface area (Å²) < 4.78 is 15.2. The first-order chi connectivity index (χ1) is 22.5. The van der Waals surface area contributed by atoms with Gasteiger partial charge in [-0.25, -0.2) is 4.68 Å². The van der Waals surface area contributed by atoms with Crippen LogP contribution in [0.2, 0.25) is 25.7 Å². The van der Waals surface area contributed by atoms with Crippen molar-refractivity contribution in [2.75, 3.05) is 13.2 Å². The molecule has 5 aromatic rings. The largest absolute Gasteiger partial charge is 0.483 e. The summed E-state index contributed by atoms with van der Waals surface area (Å²) in [5.74, 6) is -0.521. The Morgan fingerprint density at radius 1 is 1.00 bits per heavy atom. The normalized spacial score (nSPS) is 13.0. The number of alkyl halides is 1. The van der Waals surface area contributed by atoms with Gasteiger partial charge in [0, 0.05) is 33.7 Å². The zero-order valence-corrected chi connectivity index (χ0v) is 29.4. The van der Waals surface area contributed by atoms with E-state index < -0.39 is 30.8 Å². The van der Waals surface area contributed by atoms with E-state index >= 15 is 0 Å². The molecule has 47 heavy (non-hydrogen) atoms. The van der Waals surface area contributed by atoms with E-state index in [-0.39, 0.29) is 31.3 Å². The third-order valence-electron chi connectivity index (χ3n) is 8.12. The number of carbonyl (C=O) groups excluding carboxylic acids is 1. The summed E-state index contributed by atoms with van der Waals surface area (Å²) >= 11 is 7.12. The van der Waals surface area contributed by atoms with Crippen LogP contribution in [-0.2, 0) is 25.1 Å². The van der Waals surface area contributed by atoms with E-state index in [1.165, 1.54) is 10.9 Å². The monoisotopic (exact) mass is 671 g/mol. The maximum atomic E-state index is 14.5. The number of amides is 1. The molecule has 0 saturated heterocycles. The van der Waals surface area contributed by atoms with Crippen LogP contribution in [0, 0.1) is 0 Å². The molecule has 246 valence electrons. The molecule has 5 rings (SSSR count). The van der Waals surface area contributed by atoms with Gasteiger partial charge in [-0.2, -0.15) is 10.2 Å². The summed E-state index contributed by atoms with van der Waals surface area (Å²) in [5, 5.41) is 9.22. The molecule has 1 unspecified atom stereocenters. The van der Waals surface area contributed by atoms with Gasteiger partial charge in [0.25, 0.3) is 11.3 Å². The Hall–Kier alpha value is -4.25. The molecule has 11 heteroatoms. The minimum atomic E-state index is -1.32. The molecule has 0 fully saturated rings. The van der Waals surface area contributed by atoms with Gasteiger partial charge in [-0.15, -0.1) is 11.6 Å². The van der Waals surface area contributed by atoms with Gasteiger partial charge in [0.05, 0.1) is 29.3 Å². The molecule has 1 amide bonds. The van der Waals surface area contributed by atoms with Crippen molar-refractivity contribution in [3.8, 4) is 5.75 Å². The Labute approximate surface area is 281 Å². The summed E-state index contributed by atoms with van der Waals surface area (Å²) in [6, 6.07) is 25.6. The molecule has 0 spiro atoms. The topological polar surface area (TPSA) is 91.5 Å². The number of aromatic nitrogens is 4. The third kappa shape index (κ3) is 8.57. The predicted molar refractivity (Wildman–Crippen MR) is 189 cm³/mol. The molecule has 0 radical (unpaired) electrons. The number of nitrogens with zero attached hydrogens (tertiary/aromatic N) is 5. The van der Waals surface area contributed by atoms with E-state index in [0.29, 0.717) is 6.61 Å². The van der Waals surface area contributed by atoms with Crippen molar-refractivity contribution in [1.29, 1.82) is 0 Å². The highest BCUT2D eigenvalue weighted by Crippen LogP contribution is 2.32. The molecule has 9 nitrogen and oxygen atoms in total. The van der Waals surface area contributed by atoms with Crippen LogP contribution >= 0.6 is 11.6 Å².